The van der Waals surface area contributed by atoms with Gasteiger partial charge in [0.1, 0.15) is 5.78 Å². The monoisotopic (exact) mass is 459 g/mol. The molecule has 5 rings (SSSR count). The lowest BCUT2D eigenvalue weighted by molar-refractivity contribution is -0.127. The van der Waals surface area contributed by atoms with Crippen LogP contribution in [0.2, 0.25) is 0 Å². The molecule has 1 aromatic carbocycles. The summed E-state index contributed by atoms with van der Waals surface area (Å²) in [5.41, 5.74) is 7.06. The van der Waals surface area contributed by atoms with E-state index in [0.717, 1.165) is 25.7 Å². The third kappa shape index (κ3) is 3.53. The number of carbonyl (C=O) groups is 2. The fourth-order valence-corrected chi connectivity index (χ4v) is 8.64. The van der Waals surface area contributed by atoms with Gasteiger partial charge in [0.25, 0.3) is 0 Å². The number of allylic oxidation sites excluding steroid dienone is 4. The highest BCUT2D eigenvalue weighted by molar-refractivity contribution is 5.93. The lowest BCUT2D eigenvalue weighted by Crippen LogP contribution is -2.46. The molecule has 0 saturated heterocycles. The van der Waals surface area contributed by atoms with Crippen LogP contribution in [0, 0.1) is 35.0 Å². The largest absolute Gasteiger partial charge is 0.378 e. The molecule has 0 aliphatic heterocycles. The van der Waals surface area contributed by atoms with Crippen molar-refractivity contribution in [3.8, 4) is 0 Å². The van der Waals surface area contributed by atoms with Gasteiger partial charge in [0.15, 0.2) is 5.78 Å². The van der Waals surface area contributed by atoms with Gasteiger partial charge in [0.05, 0.1) is 0 Å². The number of rotatable bonds is 4. The van der Waals surface area contributed by atoms with Crippen molar-refractivity contribution < 1.29 is 9.59 Å². The van der Waals surface area contributed by atoms with Gasteiger partial charge in [-0.3, -0.25) is 9.59 Å². The third-order valence-electron chi connectivity index (χ3n) is 10.0. The summed E-state index contributed by atoms with van der Waals surface area (Å²) in [4.78, 5) is 27.6. The van der Waals surface area contributed by atoms with E-state index in [1.807, 2.05) is 13.0 Å². The highest BCUT2D eigenvalue weighted by Crippen LogP contribution is 2.67. The van der Waals surface area contributed by atoms with Gasteiger partial charge in [0, 0.05) is 38.0 Å². The Morgan fingerprint density at radius 2 is 1.82 bits per heavy atom. The van der Waals surface area contributed by atoms with Crippen molar-refractivity contribution in [3.63, 3.8) is 0 Å². The Bertz CT molecular complexity index is 1060. The fourth-order valence-electron chi connectivity index (χ4n) is 8.64. The van der Waals surface area contributed by atoms with E-state index in [4.69, 9.17) is 0 Å². The molecule has 3 nitrogen and oxygen atoms in total. The summed E-state index contributed by atoms with van der Waals surface area (Å²) >= 11 is 0. The van der Waals surface area contributed by atoms with Crippen molar-refractivity contribution in [2.24, 2.45) is 35.0 Å². The molecule has 3 heteroatoms. The van der Waals surface area contributed by atoms with Crippen LogP contribution in [0.25, 0.3) is 0 Å². The van der Waals surface area contributed by atoms with Gasteiger partial charge in [-0.05, 0) is 96.6 Å². The summed E-state index contributed by atoms with van der Waals surface area (Å²) in [6, 6.07) is 9.11. The van der Waals surface area contributed by atoms with Crippen LogP contribution in [0.1, 0.15) is 77.7 Å². The first-order chi connectivity index (χ1) is 16.2. The van der Waals surface area contributed by atoms with Crippen LogP contribution in [0.4, 0.5) is 5.69 Å². The minimum Gasteiger partial charge on any atom is -0.378 e. The predicted molar refractivity (Wildman–Crippen MR) is 139 cm³/mol. The smallest absolute Gasteiger partial charge is 0.156 e. The maximum Gasteiger partial charge on any atom is 0.156 e. The van der Waals surface area contributed by atoms with Crippen molar-refractivity contribution in [3.05, 3.63) is 52.6 Å². The Morgan fingerprint density at radius 1 is 1.12 bits per heavy atom. The van der Waals surface area contributed by atoms with Crippen LogP contribution >= 0.6 is 0 Å². The van der Waals surface area contributed by atoms with Crippen LogP contribution in [0.5, 0.6) is 0 Å². The zero-order valence-corrected chi connectivity index (χ0v) is 21.9. The van der Waals surface area contributed by atoms with E-state index in [1.54, 1.807) is 5.57 Å². The van der Waals surface area contributed by atoms with Crippen molar-refractivity contribution in [1.82, 2.24) is 0 Å². The van der Waals surface area contributed by atoms with Gasteiger partial charge in [-0.1, -0.05) is 44.9 Å². The van der Waals surface area contributed by atoms with Gasteiger partial charge < -0.3 is 4.90 Å². The zero-order chi connectivity index (χ0) is 24.4. The Labute approximate surface area is 205 Å². The molecule has 0 heterocycles. The van der Waals surface area contributed by atoms with Gasteiger partial charge in [-0.2, -0.15) is 0 Å². The second kappa shape index (κ2) is 8.50. The van der Waals surface area contributed by atoms with Gasteiger partial charge in [-0.25, -0.2) is 0 Å². The van der Waals surface area contributed by atoms with Crippen molar-refractivity contribution in [2.45, 2.75) is 72.1 Å². The third-order valence-corrected chi connectivity index (χ3v) is 10.0. The second-order valence-corrected chi connectivity index (χ2v) is 12.1. The van der Waals surface area contributed by atoms with Gasteiger partial charge in [-0.15, -0.1) is 0 Å². The average Bonchev–Trinajstić information content (AvgIpc) is 3.11. The molecule has 2 saturated carbocycles. The molecule has 0 bridgehead atoms. The molecular weight excluding hydrogens is 418 g/mol. The van der Waals surface area contributed by atoms with E-state index < -0.39 is 0 Å². The number of nitrogens with zero attached hydrogens (tertiary/aromatic N) is 1. The summed E-state index contributed by atoms with van der Waals surface area (Å²) in [7, 11) is 4.17. The minimum absolute atomic E-state index is 0.0392. The first kappa shape index (κ1) is 23.6. The molecule has 0 unspecified atom stereocenters. The minimum atomic E-state index is 0.0392. The van der Waals surface area contributed by atoms with Crippen molar-refractivity contribution in [2.75, 3.05) is 19.0 Å². The first-order valence-electron chi connectivity index (χ1n) is 13.4. The summed E-state index contributed by atoms with van der Waals surface area (Å²) in [5.74, 6) is 3.18. The van der Waals surface area contributed by atoms with Crippen molar-refractivity contribution in [1.29, 1.82) is 0 Å². The van der Waals surface area contributed by atoms with Crippen LogP contribution in [-0.4, -0.2) is 25.7 Å². The molecule has 4 aliphatic rings. The number of hydrogen-bond acceptors (Lipinski definition) is 3. The number of carbonyl (C=O) groups excluding carboxylic acids is 2. The van der Waals surface area contributed by atoms with E-state index in [0.29, 0.717) is 47.6 Å². The van der Waals surface area contributed by atoms with Crippen LogP contribution in [-0.2, 0) is 9.59 Å². The quantitative estimate of drug-likeness (QED) is 0.500. The Hall–Kier alpha value is -2.16. The van der Waals surface area contributed by atoms with E-state index in [1.165, 1.54) is 28.8 Å². The van der Waals surface area contributed by atoms with E-state index in [-0.39, 0.29) is 11.3 Å². The molecule has 1 aromatic rings. The molecular formula is C31H41NO2. The molecule has 34 heavy (non-hydrogen) atoms. The van der Waals surface area contributed by atoms with E-state index in [2.05, 4.69) is 64.0 Å². The highest BCUT2D eigenvalue weighted by Gasteiger charge is 2.60. The standard InChI is InChI=1S/C31H41NO2/c1-7-20-15-28-26-14-18(2)25-16-23(34)12-13-24(25)29(26)27(17-31(28,4)30(20)19(3)33)21-8-10-22(11-9-21)32(5)6/h8-11,16,18,20,26-28,30H,7,12-15,17H2,1-6H3/t18-,20+,26-,27+,28-,30-,31-/m0/s1. The second-order valence-electron chi connectivity index (χ2n) is 12.1. The molecule has 4 aliphatic carbocycles. The lowest BCUT2D eigenvalue weighted by atomic mass is 9.50. The van der Waals surface area contributed by atoms with Crippen molar-refractivity contribution >= 4 is 17.3 Å². The molecule has 0 radical (unpaired) electrons. The summed E-state index contributed by atoms with van der Waals surface area (Å²) in [6.45, 7) is 8.88. The highest BCUT2D eigenvalue weighted by atomic mass is 16.1. The molecule has 0 aromatic heterocycles. The molecule has 182 valence electrons. The van der Waals surface area contributed by atoms with Crippen LogP contribution in [0.15, 0.2) is 47.1 Å². The summed E-state index contributed by atoms with van der Waals surface area (Å²) in [5, 5.41) is 0. The van der Waals surface area contributed by atoms with Crippen LogP contribution in [0.3, 0.4) is 0 Å². The maximum absolute atomic E-state index is 13.1. The molecule has 7 atom stereocenters. The van der Waals surface area contributed by atoms with E-state index >= 15 is 0 Å². The van der Waals surface area contributed by atoms with E-state index in [9.17, 15) is 9.59 Å². The predicted octanol–water partition coefficient (Wildman–Crippen LogP) is 6.74. The Morgan fingerprint density at radius 3 is 2.44 bits per heavy atom. The Kier molecular flexibility index (Phi) is 5.89. The fraction of sp³-hybridized carbons (Fsp3) is 0.613. The number of fused-ring (bicyclic) bond motifs is 4. The summed E-state index contributed by atoms with van der Waals surface area (Å²) in [6.07, 6.45) is 7.93. The van der Waals surface area contributed by atoms with Gasteiger partial charge in [0.2, 0.25) is 0 Å². The number of ketones is 2. The maximum atomic E-state index is 13.1. The first-order valence-corrected chi connectivity index (χ1v) is 13.4. The molecule has 0 spiro atoms. The van der Waals surface area contributed by atoms with Crippen LogP contribution < -0.4 is 4.90 Å². The van der Waals surface area contributed by atoms with Gasteiger partial charge >= 0.3 is 0 Å². The average molecular weight is 460 g/mol. The molecule has 0 amide bonds. The number of anilines is 1. The number of Topliss-reactive ketones (excluding diaryl/α,β-unsaturated/α-hetero) is 1. The topological polar surface area (TPSA) is 37.4 Å². The molecule has 2 fully saturated rings. The number of hydrogen-bond donors (Lipinski definition) is 0. The number of benzene rings is 1. The summed E-state index contributed by atoms with van der Waals surface area (Å²) < 4.78 is 0. The molecule has 0 N–H and O–H groups in total. The lowest BCUT2D eigenvalue weighted by Gasteiger charge is -2.53. The Balaban J connectivity index is 1.69. The SMILES string of the molecule is CC[C@@H]1C[C@H]2[C@@H]3C[C@H](C)C4=CC(=O)CCC4=C3[C@@H](c3ccc(N(C)C)cc3)C[C@]2(C)[C@H]1C(C)=O. The normalized spacial score (nSPS) is 37.0. The zero-order valence-electron chi connectivity index (χ0n) is 21.9.